The highest BCUT2D eigenvalue weighted by Crippen LogP contribution is 2.24. The highest BCUT2D eigenvalue weighted by atomic mass is 16.6. The molecule has 0 unspecified atom stereocenters. The molecule has 7 nitrogen and oxygen atoms in total. The SMILES string of the molecule is COC(=O)CN(C)c1ccc(C#N)c([N+](=O)[O-])c1. The van der Waals surface area contributed by atoms with Gasteiger partial charge in [0, 0.05) is 18.8 Å². The first-order valence-corrected chi connectivity index (χ1v) is 4.96. The fourth-order valence-corrected chi connectivity index (χ4v) is 1.35. The van der Waals surface area contributed by atoms with Crippen LogP contribution in [-0.4, -0.2) is 31.6 Å². The molecule has 0 spiro atoms. The third-order valence-electron chi connectivity index (χ3n) is 2.33. The summed E-state index contributed by atoms with van der Waals surface area (Å²) < 4.78 is 4.50. The van der Waals surface area contributed by atoms with Gasteiger partial charge in [-0.3, -0.25) is 14.9 Å². The van der Waals surface area contributed by atoms with Crippen LogP contribution < -0.4 is 4.90 Å². The summed E-state index contributed by atoms with van der Waals surface area (Å²) in [6.45, 7) is -0.0282. The Kier molecular flexibility index (Phi) is 4.21. The van der Waals surface area contributed by atoms with Crippen molar-refractivity contribution >= 4 is 17.3 Å². The lowest BCUT2D eigenvalue weighted by Gasteiger charge is -2.17. The predicted octanol–water partition coefficient (Wildman–Crippen LogP) is 1.08. The minimum absolute atomic E-state index is 0.0183. The number of esters is 1. The largest absolute Gasteiger partial charge is 0.468 e. The molecule has 7 heteroatoms. The van der Waals surface area contributed by atoms with Gasteiger partial charge in [0.1, 0.15) is 18.2 Å². The van der Waals surface area contributed by atoms with E-state index >= 15 is 0 Å². The number of likely N-dealkylation sites (N-methyl/N-ethyl adjacent to an activating group) is 1. The molecular weight excluding hydrogens is 238 g/mol. The minimum atomic E-state index is -0.631. The van der Waals surface area contributed by atoms with E-state index in [0.29, 0.717) is 5.69 Å². The van der Waals surface area contributed by atoms with Crippen LogP contribution in [0.1, 0.15) is 5.56 Å². The number of hydrogen-bond acceptors (Lipinski definition) is 6. The maximum Gasteiger partial charge on any atom is 0.325 e. The Balaban J connectivity index is 3.05. The molecule has 1 aromatic carbocycles. The number of ether oxygens (including phenoxy) is 1. The van der Waals surface area contributed by atoms with E-state index in [9.17, 15) is 14.9 Å². The topological polar surface area (TPSA) is 96.5 Å². The van der Waals surface area contributed by atoms with Gasteiger partial charge in [0.25, 0.3) is 5.69 Å². The van der Waals surface area contributed by atoms with Crippen LogP contribution in [0.15, 0.2) is 18.2 Å². The lowest BCUT2D eigenvalue weighted by atomic mass is 10.1. The summed E-state index contributed by atoms with van der Waals surface area (Å²) in [5.74, 6) is -0.454. The maximum atomic E-state index is 11.1. The van der Waals surface area contributed by atoms with E-state index in [2.05, 4.69) is 4.74 Å². The second kappa shape index (κ2) is 5.63. The van der Waals surface area contributed by atoms with Gasteiger partial charge in [0.05, 0.1) is 12.0 Å². The van der Waals surface area contributed by atoms with Gasteiger partial charge in [-0.2, -0.15) is 5.26 Å². The van der Waals surface area contributed by atoms with Crippen molar-refractivity contribution in [2.75, 3.05) is 25.6 Å². The summed E-state index contributed by atoms with van der Waals surface area (Å²) in [4.78, 5) is 22.7. The summed E-state index contributed by atoms with van der Waals surface area (Å²) >= 11 is 0. The third kappa shape index (κ3) is 2.95. The fraction of sp³-hybridized carbons (Fsp3) is 0.273. The highest BCUT2D eigenvalue weighted by molar-refractivity contribution is 5.76. The molecule has 0 fully saturated rings. The standard InChI is InChI=1S/C11H11N3O4/c1-13(7-11(15)18-2)9-4-3-8(6-12)10(5-9)14(16)17/h3-5H,7H2,1-2H3. The monoisotopic (exact) mass is 249 g/mol. The average molecular weight is 249 g/mol. The van der Waals surface area contributed by atoms with Crippen molar-refractivity contribution in [3.8, 4) is 6.07 Å². The zero-order chi connectivity index (χ0) is 13.7. The Bertz CT molecular complexity index is 522. The summed E-state index contributed by atoms with van der Waals surface area (Å²) in [6.07, 6.45) is 0. The van der Waals surface area contributed by atoms with Crippen molar-refractivity contribution in [1.82, 2.24) is 0 Å². The second-order valence-corrected chi connectivity index (χ2v) is 3.50. The van der Waals surface area contributed by atoms with Crippen LogP contribution in [0.4, 0.5) is 11.4 Å². The number of carbonyl (C=O) groups excluding carboxylic acids is 1. The quantitative estimate of drug-likeness (QED) is 0.450. The molecule has 0 aliphatic carbocycles. The number of anilines is 1. The molecule has 0 aliphatic heterocycles. The summed E-state index contributed by atoms with van der Waals surface area (Å²) in [6, 6.07) is 5.88. The van der Waals surface area contributed by atoms with Gasteiger partial charge in [-0.25, -0.2) is 0 Å². The van der Waals surface area contributed by atoms with E-state index < -0.39 is 10.9 Å². The maximum absolute atomic E-state index is 11.1. The molecule has 94 valence electrons. The number of carbonyl (C=O) groups is 1. The first kappa shape index (κ1) is 13.4. The summed E-state index contributed by atoms with van der Waals surface area (Å²) in [7, 11) is 2.86. The molecule has 0 aliphatic rings. The lowest BCUT2D eigenvalue weighted by molar-refractivity contribution is -0.385. The Morgan fingerprint density at radius 1 is 1.61 bits per heavy atom. The Labute approximate surface area is 103 Å². The number of nitriles is 1. The van der Waals surface area contributed by atoms with E-state index in [-0.39, 0.29) is 17.8 Å². The van der Waals surface area contributed by atoms with E-state index in [4.69, 9.17) is 5.26 Å². The molecular formula is C11H11N3O4. The smallest absolute Gasteiger partial charge is 0.325 e. The van der Waals surface area contributed by atoms with Crippen molar-refractivity contribution < 1.29 is 14.5 Å². The van der Waals surface area contributed by atoms with Crippen molar-refractivity contribution in [2.24, 2.45) is 0 Å². The van der Waals surface area contributed by atoms with Crippen LogP contribution in [0.25, 0.3) is 0 Å². The number of hydrogen-bond donors (Lipinski definition) is 0. The molecule has 0 bridgehead atoms. The van der Waals surface area contributed by atoms with Gasteiger partial charge in [-0.1, -0.05) is 0 Å². The number of methoxy groups -OCH3 is 1. The van der Waals surface area contributed by atoms with Crippen molar-refractivity contribution in [3.63, 3.8) is 0 Å². The summed E-state index contributed by atoms with van der Waals surface area (Å²) in [5.41, 5.74) is 0.160. The van der Waals surface area contributed by atoms with Gasteiger partial charge in [-0.15, -0.1) is 0 Å². The molecule has 1 aromatic rings. The third-order valence-corrected chi connectivity index (χ3v) is 2.33. The molecule has 0 saturated carbocycles. The molecule has 1 rings (SSSR count). The Morgan fingerprint density at radius 3 is 2.78 bits per heavy atom. The number of benzene rings is 1. The number of nitrogens with zero attached hydrogens (tertiary/aromatic N) is 3. The van der Waals surface area contributed by atoms with Crippen molar-refractivity contribution in [2.45, 2.75) is 0 Å². The second-order valence-electron chi connectivity index (χ2n) is 3.50. The molecule has 0 radical (unpaired) electrons. The minimum Gasteiger partial charge on any atom is -0.468 e. The van der Waals surface area contributed by atoms with Crippen LogP contribution >= 0.6 is 0 Å². The van der Waals surface area contributed by atoms with Crippen molar-refractivity contribution in [3.05, 3.63) is 33.9 Å². The van der Waals surface area contributed by atoms with Gasteiger partial charge in [0.15, 0.2) is 0 Å². The molecule has 0 saturated heterocycles. The molecule has 0 heterocycles. The van der Waals surface area contributed by atoms with E-state index in [1.165, 1.54) is 30.2 Å². The Hall–Kier alpha value is -2.62. The van der Waals surface area contributed by atoms with E-state index in [1.807, 2.05) is 0 Å². The number of nitro groups is 1. The van der Waals surface area contributed by atoms with Gasteiger partial charge >= 0.3 is 5.97 Å². The number of nitro benzene ring substituents is 1. The summed E-state index contributed by atoms with van der Waals surface area (Å²) in [5, 5.41) is 19.5. The molecule has 0 amide bonds. The van der Waals surface area contributed by atoms with Crippen LogP contribution in [0, 0.1) is 21.4 Å². The van der Waals surface area contributed by atoms with Gasteiger partial charge in [0.2, 0.25) is 0 Å². The first-order chi connectivity index (χ1) is 8.49. The zero-order valence-corrected chi connectivity index (χ0v) is 9.91. The van der Waals surface area contributed by atoms with Gasteiger partial charge in [-0.05, 0) is 12.1 Å². The Morgan fingerprint density at radius 2 is 2.28 bits per heavy atom. The van der Waals surface area contributed by atoms with Crippen molar-refractivity contribution in [1.29, 1.82) is 5.26 Å². The van der Waals surface area contributed by atoms with Crippen LogP contribution in [0.5, 0.6) is 0 Å². The van der Waals surface area contributed by atoms with E-state index in [1.54, 1.807) is 13.1 Å². The zero-order valence-electron chi connectivity index (χ0n) is 9.91. The molecule has 18 heavy (non-hydrogen) atoms. The molecule has 0 N–H and O–H groups in total. The fourth-order valence-electron chi connectivity index (χ4n) is 1.35. The number of rotatable bonds is 4. The van der Waals surface area contributed by atoms with Crippen LogP contribution in [-0.2, 0) is 9.53 Å². The normalized spacial score (nSPS) is 9.39. The van der Waals surface area contributed by atoms with Crippen LogP contribution in [0.3, 0.4) is 0 Å². The van der Waals surface area contributed by atoms with E-state index in [0.717, 1.165) is 0 Å². The average Bonchev–Trinajstić information content (AvgIpc) is 2.37. The lowest BCUT2D eigenvalue weighted by Crippen LogP contribution is -2.26. The highest BCUT2D eigenvalue weighted by Gasteiger charge is 2.16. The molecule has 0 atom stereocenters. The predicted molar refractivity (Wildman–Crippen MR) is 63.1 cm³/mol. The van der Waals surface area contributed by atoms with Gasteiger partial charge < -0.3 is 9.64 Å². The first-order valence-electron chi connectivity index (χ1n) is 4.96. The molecule has 0 aromatic heterocycles. The van der Waals surface area contributed by atoms with Crippen LogP contribution in [0.2, 0.25) is 0 Å².